The third-order valence-electron chi connectivity index (χ3n) is 6.42. The maximum Gasteiger partial charge on any atom is 0.387 e. The second-order valence-electron chi connectivity index (χ2n) is 8.31. The predicted molar refractivity (Wildman–Crippen MR) is 121 cm³/mol. The highest BCUT2D eigenvalue weighted by Gasteiger charge is 2.44. The Morgan fingerprint density at radius 1 is 1.09 bits per heavy atom. The monoisotopic (exact) mass is 456 g/mol. The Labute approximate surface area is 193 Å². The van der Waals surface area contributed by atoms with E-state index in [2.05, 4.69) is 16.8 Å². The molecule has 0 N–H and O–H groups in total. The quantitative estimate of drug-likeness (QED) is 0.415. The highest BCUT2D eigenvalue weighted by atomic mass is 19.3. The van der Waals surface area contributed by atoms with Crippen LogP contribution in [0.25, 0.3) is 11.0 Å². The van der Waals surface area contributed by atoms with Gasteiger partial charge in [0, 0.05) is 48.1 Å². The molecule has 0 saturated carbocycles. The van der Waals surface area contributed by atoms with Crippen LogP contribution in [0.15, 0.2) is 60.9 Å². The Kier molecular flexibility index (Phi) is 4.59. The molecule has 2 atom stereocenters. The minimum Gasteiger partial charge on any atom is -0.434 e. The van der Waals surface area contributed by atoms with Gasteiger partial charge in [-0.3, -0.25) is 9.78 Å². The number of benzene rings is 2. The van der Waals surface area contributed by atoms with E-state index in [1.54, 1.807) is 36.5 Å². The summed E-state index contributed by atoms with van der Waals surface area (Å²) in [5, 5.41) is 0. The lowest BCUT2D eigenvalue weighted by Gasteiger charge is -2.24. The van der Waals surface area contributed by atoms with Crippen LogP contribution < -0.4 is 4.74 Å². The van der Waals surface area contributed by atoms with Gasteiger partial charge in [-0.25, -0.2) is 4.98 Å². The van der Waals surface area contributed by atoms with Crippen molar-refractivity contribution in [1.82, 2.24) is 19.4 Å². The third-order valence-corrected chi connectivity index (χ3v) is 6.42. The SMILES string of the molecule is CN1C(=O)c2cccc(OC(F)F)c2[C@H]2C[C@@H]1c1nc3ccc(C#Cc4cccnc4)cc3n12. The molecule has 1 amide bonds. The van der Waals surface area contributed by atoms with E-state index < -0.39 is 6.61 Å². The first-order valence-corrected chi connectivity index (χ1v) is 10.8. The third kappa shape index (κ3) is 3.12. The van der Waals surface area contributed by atoms with Crippen molar-refractivity contribution in [1.29, 1.82) is 0 Å². The van der Waals surface area contributed by atoms with Gasteiger partial charge < -0.3 is 14.2 Å². The van der Waals surface area contributed by atoms with E-state index >= 15 is 0 Å². The Bertz CT molecular complexity index is 1500. The van der Waals surface area contributed by atoms with Gasteiger partial charge in [0.05, 0.1) is 23.1 Å². The number of aromatic nitrogens is 3. The molecule has 2 bridgehead atoms. The summed E-state index contributed by atoms with van der Waals surface area (Å²) >= 11 is 0. The Morgan fingerprint density at radius 2 is 1.94 bits per heavy atom. The van der Waals surface area contributed by atoms with E-state index in [9.17, 15) is 13.6 Å². The molecule has 0 saturated heterocycles. The van der Waals surface area contributed by atoms with E-state index in [0.717, 1.165) is 28.0 Å². The largest absolute Gasteiger partial charge is 0.434 e. The summed E-state index contributed by atoms with van der Waals surface area (Å²) in [5.74, 6) is 6.77. The molecule has 0 fully saturated rings. The average molecular weight is 456 g/mol. The zero-order valence-electron chi connectivity index (χ0n) is 18.1. The number of amides is 1. The fourth-order valence-corrected chi connectivity index (χ4v) is 4.94. The van der Waals surface area contributed by atoms with E-state index in [0.29, 0.717) is 17.5 Å². The molecule has 2 aliphatic rings. The predicted octanol–water partition coefficient (Wildman–Crippen LogP) is 4.55. The van der Waals surface area contributed by atoms with Crippen LogP contribution in [0.1, 0.15) is 51.4 Å². The zero-order chi connectivity index (χ0) is 23.4. The molecule has 2 aliphatic heterocycles. The Morgan fingerprint density at radius 3 is 2.74 bits per heavy atom. The molecule has 8 heteroatoms. The smallest absolute Gasteiger partial charge is 0.387 e. The summed E-state index contributed by atoms with van der Waals surface area (Å²) in [6, 6.07) is 13.5. The number of ether oxygens (including phenoxy) is 1. The summed E-state index contributed by atoms with van der Waals surface area (Å²) in [7, 11) is 1.72. The Hall–Kier alpha value is -4.25. The lowest BCUT2D eigenvalue weighted by molar-refractivity contribution is -0.0507. The molecule has 0 aliphatic carbocycles. The summed E-state index contributed by atoms with van der Waals surface area (Å²) < 4.78 is 33.3. The van der Waals surface area contributed by atoms with E-state index in [-0.39, 0.29) is 23.7 Å². The van der Waals surface area contributed by atoms with Gasteiger partial charge in [0.1, 0.15) is 11.6 Å². The van der Waals surface area contributed by atoms with Gasteiger partial charge in [-0.05, 0) is 42.5 Å². The van der Waals surface area contributed by atoms with Crippen LogP contribution in [0.4, 0.5) is 8.78 Å². The minimum atomic E-state index is -2.99. The molecule has 34 heavy (non-hydrogen) atoms. The number of pyridine rings is 1. The number of hydrogen-bond donors (Lipinski definition) is 0. The molecule has 6 rings (SSSR count). The fourth-order valence-electron chi connectivity index (χ4n) is 4.94. The maximum absolute atomic E-state index is 13.2. The first-order chi connectivity index (χ1) is 16.5. The van der Waals surface area contributed by atoms with Crippen molar-refractivity contribution in [2.45, 2.75) is 25.1 Å². The van der Waals surface area contributed by atoms with Crippen LogP contribution in [-0.2, 0) is 0 Å². The van der Waals surface area contributed by atoms with Gasteiger partial charge >= 0.3 is 6.61 Å². The van der Waals surface area contributed by atoms with Crippen molar-refractivity contribution in [3.63, 3.8) is 0 Å². The second-order valence-corrected chi connectivity index (χ2v) is 8.31. The normalized spacial score (nSPS) is 18.4. The fraction of sp³-hybridized carbons (Fsp3) is 0.192. The maximum atomic E-state index is 13.2. The van der Waals surface area contributed by atoms with E-state index in [4.69, 9.17) is 9.72 Å². The summed E-state index contributed by atoms with van der Waals surface area (Å²) in [6.07, 6.45) is 3.92. The molecular weight excluding hydrogens is 438 g/mol. The Balaban J connectivity index is 1.53. The molecular formula is C26H18F2N4O2. The van der Waals surface area contributed by atoms with Crippen LogP contribution in [0.5, 0.6) is 5.75 Å². The van der Waals surface area contributed by atoms with Crippen molar-refractivity contribution < 1.29 is 18.3 Å². The van der Waals surface area contributed by atoms with Gasteiger partial charge in [-0.2, -0.15) is 8.78 Å². The average Bonchev–Trinajstić information content (AvgIpc) is 3.36. The molecule has 2 aromatic carbocycles. The number of alkyl halides is 2. The first kappa shape index (κ1) is 20.4. The second kappa shape index (κ2) is 7.66. The number of fused-ring (bicyclic) bond motifs is 9. The van der Waals surface area contributed by atoms with Crippen LogP contribution in [-0.4, -0.2) is 39.0 Å². The number of halogens is 2. The van der Waals surface area contributed by atoms with Crippen molar-refractivity contribution in [3.8, 4) is 17.6 Å². The molecule has 4 aromatic rings. The van der Waals surface area contributed by atoms with Crippen LogP contribution in [0, 0.1) is 11.8 Å². The number of imidazole rings is 1. The number of carbonyl (C=O) groups excluding carboxylic acids is 1. The van der Waals surface area contributed by atoms with Gasteiger partial charge in [-0.1, -0.05) is 17.9 Å². The lowest BCUT2D eigenvalue weighted by Crippen LogP contribution is -2.30. The number of rotatable bonds is 2. The molecule has 168 valence electrons. The van der Waals surface area contributed by atoms with Crippen LogP contribution in [0.3, 0.4) is 0 Å². The highest BCUT2D eigenvalue weighted by molar-refractivity contribution is 5.97. The molecule has 0 unspecified atom stereocenters. The van der Waals surface area contributed by atoms with Crippen molar-refractivity contribution >= 4 is 16.9 Å². The van der Waals surface area contributed by atoms with Gasteiger partial charge in [0.25, 0.3) is 5.91 Å². The molecule has 4 heterocycles. The molecule has 6 nitrogen and oxygen atoms in total. The van der Waals surface area contributed by atoms with Crippen LogP contribution >= 0.6 is 0 Å². The van der Waals surface area contributed by atoms with E-state index in [1.807, 2.05) is 34.9 Å². The van der Waals surface area contributed by atoms with E-state index in [1.165, 1.54) is 6.07 Å². The summed E-state index contributed by atoms with van der Waals surface area (Å²) in [4.78, 5) is 23.7. The zero-order valence-corrected chi connectivity index (χ0v) is 18.1. The molecule has 0 spiro atoms. The van der Waals surface area contributed by atoms with Gasteiger partial charge in [-0.15, -0.1) is 0 Å². The summed E-state index contributed by atoms with van der Waals surface area (Å²) in [5.41, 5.74) is 4.02. The number of carbonyl (C=O) groups is 1. The van der Waals surface area contributed by atoms with Crippen molar-refractivity contribution in [3.05, 3.63) is 89.0 Å². The number of hydrogen-bond acceptors (Lipinski definition) is 4. The lowest BCUT2D eigenvalue weighted by atomic mass is 9.97. The highest BCUT2D eigenvalue weighted by Crippen LogP contribution is 2.49. The number of nitrogens with zero attached hydrogens (tertiary/aromatic N) is 4. The topological polar surface area (TPSA) is 60.3 Å². The van der Waals surface area contributed by atoms with Gasteiger partial charge in [0.2, 0.25) is 0 Å². The van der Waals surface area contributed by atoms with Crippen molar-refractivity contribution in [2.24, 2.45) is 0 Å². The van der Waals surface area contributed by atoms with Crippen molar-refractivity contribution in [2.75, 3.05) is 7.05 Å². The molecule has 0 radical (unpaired) electrons. The summed E-state index contributed by atoms with van der Waals surface area (Å²) in [6.45, 7) is -2.99. The van der Waals surface area contributed by atoms with Crippen LogP contribution in [0.2, 0.25) is 0 Å². The first-order valence-electron chi connectivity index (χ1n) is 10.8. The molecule has 2 aromatic heterocycles. The van der Waals surface area contributed by atoms with Gasteiger partial charge in [0.15, 0.2) is 0 Å². The minimum absolute atomic E-state index is 0.0159. The standard InChI is InChI=1S/C26H18F2N4O2/c1-31-21-13-20(23-17(25(31)33)5-2-6-22(23)34-26(27)28)32-19-12-15(9-10-18(19)30-24(21)32)7-8-16-4-3-11-29-14-16/h2-6,9-12,14,20-21,26H,13H2,1H3/t20-,21-/m1/s1.